The van der Waals surface area contributed by atoms with Crippen LogP contribution in [0.2, 0.25) is 0 Å². The Hall–Kier alpha value is -2.44. The Morgan fingerprint density at radius 3 is 2.62 bits per heavy atom. The first-order valence-electron chi connectivity index (χ1n) is 9.31. The van der Waals surface area contributed by atoms with Crippen molar-refractivity contribution in [3.63, 3.8) is 0 Å². The molecule has 140 valence electrons. The zero-order valence-corrected chi connectivity index (χ0v) is 15.7. The molecule has 2 aromatic rings. The maximum Gasteiger partial charge on any atom is 0.251 e. The van der Waals surface area contributed by atoms with Crippen LogP contribution in [-0.2, 0) is 11.8 Å². The molecule has 0 spiro atoms. The lowest BCUT2D eigenvalue weighted by Gasteiger charge is -2.29. The molecule has 7 heteroatoms. The van der Waals surface area contributed by atoms with Gasteiger partial charge in [0.1, 0.15) is 5.65 Å². The van der Waals surface area contributed by atoms with Gasteiger partial charge in [-0.2, -0.15) is 4.98 Å². The lowest BCUT2D eigenvalue weighted by Crippen LogP contribution is -2.40. The number of hydrogen-bond donors (Lipinski definition) is 2. The molecule has 0 atom stereocenters. The Morgan fingerprint density at radius 1 is 1.23 bits per heavy atom. The Balaban J connectivity index is 1.58. The number of pyridine rings is 1. The lowest BCUT2D eigenvalue weighted by molar-refractivity contribution is -0.122. The van der Waals surface area contributed by atoms with Crippen LogP contribution in [-0.4, -0.2) is 32.5 Å². The van der Waals surface area contributed by atoms with Crippen molar-refractivity contribution in [3.8, 4) is 0 Å². The van der Waals surface area contributed by atoms with Gasteiger partial charge in [-0.1, -0.05) is 13.8 Å². The van der Waals surface area contributed by atoms with E-state index in [1.165, 1.54) is 10.6 Å². The van der Waals surface area contributed by atoms with E-state index in [4.69, 9.17) is 0 Å². The standard InChI is InChI=1S/C19H27N5O2/c1-12(2)10-16(25)21-14-5-7-15(8-6-14)22-19-20-11-13-4-9-17(26)24(3)18(13)23-19/h4,9,11-12,14-15H,5-8,10H2,1-3H3,(H,21,25)(H,20,22,23). The second kappa shape index (κ2) is 7.85. The second-order valence-corrected chi connectivity index (χ2v) is 7.56. The summed E-state index contributed by atoms with van der Waals surface area (Å²) in [6.45, 7) is 4.11. The maximum atomic E-state index is 11.9. The van der Waals surface area contributed by atoms with Gasteiger partial charge in [0.25, 0.3) is 5.56 Å². The van der Waals surface area contributed by atoms with Gasteiger partial charge < -0.3 is 10.6 Å². The highest BCUT2D eigenvalue weighted by Crippen LogP contribution is 2.22. The molecule has 2 aromatic heterocycles. The molecule has 1 fully saturated rings. The van der Waals surface area contributed by atoms with Crippen LogP contribution in [0.1, 0.15) is 46.0 Å². The van der Waals surface area contributed by atoms with Crippen LogP contribution in [0.15, 0.2) is 23.1 Å². The van der Waals surface area contributed by atoms with Crippen molar-refractivity contribution in [2.24, 2.45) is 13.0 Å². The van der Waals surface area contributed by atoms with E-state index >= 15 is 0 Å². The maximum absolute atomic E-state index is 11.9. The van der Waals surface area contributed by atoms with Gasteiger partial charge in [0.2, 0.25) is 11.9 Å². The van der Waals surface area contributed by atoms with Gasteiger partial charge in [0, 0.05) is 43.2 Å². The van der Waals surface area contributed by atoms with Crippen molar-refractivity contribution in [3.05, 3.63) is 28.7 Å². The normalized spacial score (nSPS) is 20.3. The summed E-state index contributed by atoms with van der Waals surface area (Å²) in [5.74, 6) is 1.08. The fourth-order valence-electron chi connectivity index (χ4n) is 3.44. The Morgan fingerprint density at radius 2 is 1.92 bits per heavy atom. The van der Waals surface area contributed by atoms with Crippen LogP contribution >= 0.6 is 0 Å². The second-order valence-electron chi connectivity index (χ2n) is 7.56. The minimum absolute atomic E-state index is 0.0835. The molecule has 0 aliphatic heterocycles. The number of hydrogen-bond acceptors (Lipinski definition) is 5. The summed E-state index contributed by atoms with van der Waals surface area (Å²) >= 11 is 0. The Bertz CT molecular complexity index is 837. The number of fused-ring (bicyclic) bond motifs is 1. The minimum Gasteiger partial charge on any atom is -0.353 e. The highest BCUT2D eigenvalue weighted by Gasteiger charge is 2.23. The smallest absolute Gasteiger partial charge is 0.251 e. The topological polar surface area (TPSA) is 88.9 Å². The summed E-state index contributed by atoms with van der Waals surface area (Å²) in [5.41, 5.74) is 0.546. The van der Waals surface area contributed by atoms with E-state index in [1.807, 2.05) is 0 Å². The Kier molecular flexibility index (Phi) is 5.54. The summed E-state index contributed by atoms with van der Waals surface area (Å²) in [5, 5.41) is 7.35. The molecule has 0 bridgehead atoms. The van der Waals surface area contributed by atoms with Gasteiger partial charge >= 0.3 is 0 Å². The monoisotopic (exact) mass is 357 g/mol. The third kappa shape index (κ3) is 4.39. The molecule has 3 rings (SSSR count). The van der Waals surface area contributed by atoms with E-state index in [9.17, 15) is 9.59 Å². The predicted octanol–water partition coefficient (Wildman–Crippen LogP) is 2.21. The number of nitrogens with one attached hydrogen (secondary N) is 2. The largest absolute Gasteiger partial charge is 0.353 e. The number of rotatable bonds is 5. The average molecular weight is 357 g/mol. The van der Waals surface area contributed by atoms with Gasteiger partial charge in [0.05, 0.1) is 0 Å². The zero-order chi connectivity index (χ0) is 18.7. The van der Waals surface area contributed by atoms with E-state index in [-0.39, 0.29) is 23.6 Å². The number of carbonyl (C=O) groups excluding carboxylic acids is 1. The van der Waals surface area contributed by atoms with Crippen molar-refractivity contribution in [2.75, 3.05) is 5.32 Å². The predicted molar refractivity (Wildman–Crippen MR) is 102 cm³/mol. The van der Waals surface area contributed by atoms with Crippen molar-refractivity contribution in [1.82, 2.24) is 19.9 Å². The molecule has 2 heterocycles. The third-order valence-corrected chi connectivity index (χ3v) is 4.87. The van der Waals surface area contributed by atoms with Crippen molar-refractivity contribution in [2.45, 2.75) is 58.0 Å². The van der Waals surface area contributed by atoms with Crippen molar-refractivity contribution < 1.29 is 4.79 Å². The molecule has 0 saturated heterocycles. The lowest BCUT2D eigenvalue weighted by atomic mass is 9.91. The summed E-state index contributed by atoms with van der Waals surface area (Å²) in [6, 6.07) is 3.81. The number of carbonyl (C=O) groups is 1. The minimum atomic E-state index is -0.0835. The molecule has 1 saturated carbocycles. The number of aryl methyl sites for hydroxylation is 1. The van der Waals surface area contributed by atoms with Crippen LogP contribution in [0, 0.1) is 5.92 Å². The number of nitrogens with zero attached hydrogens (tertiary/aromatic N) is 3. The molecule has 1 amide bonds. The molecular weight excluding hydrogens is 330 g/mol. The fourth-order valence-corrected chi connectivity index (χ4v) is 3.44. The van der Waals surface area contributed by atoms with E-state index in [2.05, 4.69) is 34.4 Å². The summed E-state index contributed by atoms with van der Waals surface area (Å²) in [7, 11) is 1.71. The zero-order valence-electron chi connectivity index (χ0n) is 15.7. The SMILES string of the molecule is CC(C)CC(=O)NC1CCC(Nc2ncc3ccc(=O)n(C)c3n2)CC1. The van der Waals surface area contributed by atoms with E-state index < -0.39 is 0 Å². The van der Waals surface area contributed by atoms with Gasteiger partial charge in [0.15, 0.2) is 0 Å². The molecule has 1 aliphatic rings. The molecule has 2 N–H and O–H groups in total. The van der Waals surface area contributed by atoms with Crippen LogP contribution in [0.5, 0.6) is 0 Å². The van der Waals surface area contributed by atoms with E-state index in [0.717, 1.165) is 31.1 Å². The van der Waals surface area contributed by atoms with Crippen molar-refractivity contribution >= 4 is 22.9 Å². The molecule has 0 aromatic carbocycles. The molecule has 7 nitrogen and oxygen atoms in total. The van der Waals surface area contributed by atoms with Crippen LogP contribution < -0.4 is 16.2 Å². The average Bonchev–Trinajstić information content (AvgIpc) is 2.59. The molecule has 26 heavy (non-hydrogen) atoms. The van der Waals surface area contributed by atoms with Gasteiger partial charge in [-0.3, -0.25) is 14.2 Å². The quantitative estimate of drug-likeness (QED) is 0.856. The van der Waals surface area contributed by atoms with Crippen LogP contribution in [0.3, 0.4) is 0 Å². The van der Waals surface area contributed by atoms with Crippen molar-refractivity contribution in [1.29, 1.82) is 0 Å². The Labute approximate surface area is 153 Å². The first kappa shape index (κ1) is 18.4. The van der Waals surface area contributed by atoms with Crippen LogP contribution in [0.4, 0.5) is 5.95 Å². The molecular formula is C19H27N5O2. The summed E-state index contributed by atoms with van der Waals surface area (Å²) < 4.78 is 1.53. The van der Waals surface area contributed by atoms with Gasteiger partial charge in [-0.15, -0.1) is 0 Å². The number of amides is 1. The van der Waals surface area contributed by atoms with Gasteiger partial charge in [-0.05, 0) is 37.7 Å². The molecule has 0 radical (unpaired) electrons. The summed E-state index contributed by atoms with van der Waals surface area (Å²) in [4.78, 5) is 32.5. The highest BCUT2D eigenvalue weighted by atomic mass is 16.1. The van der Waals surface area contributed by atoms with E-state index in [0.29, 0.717) is 23.9 Å². The molecule has 0 unspecified atom stereocenters. The number of anilines is 1. The first-order chi connectivity index (χ1) is 12.4. The third-order valence-electron chi connectivity index (χ3n) is 4.87. The summed E-state index contributed by atoms with van der Waals surface area (Å²) in [6.07, 6.45) is 6.15. The number of aromatic nitrogens is 3. The van der Waals surface area contributed by atoms with E-state index in [1.54, 1.807) is 19.3 Å². The van der Waals surface area contributed by atoms with Crippen LogP contribution in [0.25, 0.3) is 11.0 Å². The molecule has 1 aliphatic carbocycles. The highest BCUT2D eigenvalue weighted by molar-refractivity contribution is 5.76. The fraction of sp³-hybridized carbons (Fsp3) is 0.579. The first-order valence-corrected chi connectivity index (χ1v) is 9.31. The van der Waals surface area contributed by atoms with Gasteiger partial charge in [-0.25, -0.2) is 4.98 Å².